The second-order valence-electron chi connectivity index (χ2n) is 26.3. The predicted molar refractivity (Wildman–Crippen MR) is 379 cm³/mol. The maximum absolute atomic E-state index is 12.7. The van der Waals surface area contributed by atoms with Gasteiger partial charge in [-0.15, -0.1) is 56.7 Å². The van der Waals surface area contributed by atoms with Gasteiger partial charge < -0.3 is 52.3 Å². The average Bonchev–Trinajstić information content (AvgIpc) is 1.67. The molecule has 10 aromatic rings. The molecule has 520 valence electrons. The lowest BCUT2D eigenvalue weighted by Gasteiger charge is -2.49. The van der Waals surface area contributed by atoms with Gasteiger partial charge in [0.25, 0.3) is 0 Å². The van der Waals surface area contributed by atoms with E-state index in [9.17, 15) is 24.0 Å². The first-order valence-electron chi connectivity index (χ1n) is 34.0. The molecule has 99 heavy (non-hydrogen) atoms. The van der Waals surface area contributed by atoms with E-state index in [-0.39, 0.29) is 41.8 Å². The summed E-state index contributed by atoms with van der Waals surface area (Å²) < 4.78 is 35.5. The van der Waals surface area contributed by atoms with Crippen LogP contribution in [0.15, 0.2) is 132 Å². The second kappa shape index (κ2) is 33.0. The Bertz CT molecular complexity index is 4250. The molecule has 0 aromatic carbocycles. The van der Waals surface area contributed by atoms with Gasteiger partial charge in [-0.05, 0) is 201 Å². The smallest absolute Gasteiger partial charge is 0.198 e. The zero-order valence-corrected chi connectivity index (χ0v) is 59.5. The number of carbonyl (C=O) groups is 5. The third kappa shape index (κ3) is 17.7. The predicted octanol–water partition coefficient (Wildman–Crippen LogP) is 15.5. The van der Waals surface area contributed by atoms with Crippen molar-refractivity contribution in [2.75, 3.05) is 52.5 Å². The number of thiophene rings is 5. The number of rotatable bonds is 20. The zero-order valence-electron chi connectivity index (χ0n) is 55.5. The van der Waals surface area contributed by atoms with Crippen LogP contribution >= 0.6 is 56.7 Å². The number of hydrogen-bond acceptors (Lipinski definition) is 26. The lowest BCUT2D eigenvalue weighted by Crippen LogP contribution is -2.53. The van der Waals surface area contributed by atoms with Gasteiger partial charge in [0.15, 0.2) is 35.2 Å². The van der Waals surface area contributed by atoms with Gasteiger partial charge in [0.05, 0.1) is 48.8 Å². The van der Waals surface area contributed by atoms with Gasteiger partial charge in [0.1, 0.15) is 72.0 Å². The summed E-state index contributed by atoms with van der Waals surface area (Å²) in [7, 11) is 0. The van der Waals surface area contributed by atoms with Crippen molar-refractivity contribution < 1.29 is 61.2 Å². The van der Waals surface area contributed by atoms with Crippen LogP contribution in [0.5, 0.6) is 0 Å². The van der Waals surface area contributed by atoms with Crippen molar-refractivity contribution >= 4 is 85.6 Å². The van der Waals surface area contributed by atoms with Crippen LogP contribution in [0.25, 0.3) is 52.9 Å². The number of nitrogens with one attached hydrogen (secondary N) is 1. The third-order valence-electron chi connectivity index (χ3n) is 19.8. The van der Waals surface area contributed by atoms with Crippen molar-refractivity contribution in [3.8, 4) is 52.9 Å². The molecule has 19 rings (SSSR count). The summed E-state index contributed by atoms with van der Waals surface area (Å²) in [6, 6.07) is 29.7. The molecule has 6 bridgehead atoms. The minimum atomic E-state index is -0.461. The Morgan fingerprint density at radius 2 is 1.00 bits per heavy atom. The van der Waals surface area contributed by atoms with Crippen LogP contribution in [0.2, 0.25) is 0 Å². The van der Waals surface area contributed by atoms with Gasteiger partial charge in [0.2, 0.25) is 0 Å². The molecule has 2 N–H and O–H groups in total. The highest BCUT2D eigenvalue weighted by Crippen LogP contribution is 2.42. The van der Waals surface area contributed by atoms with E-state index in [0.717, 1.165) is 123 Å². The summed E-state index contributed by atoms with van der Waals surface area (Å²) in [5.74, 6) is 5.12. The molecule has 0 saturated carbocycles. The van der Waals surface area contributed by atoms with E-state index in [4.69, 9.17) is 37.2 Å². The van der Waals surface area contributed by atoms with Crippen molar-refractivity contribution in [3.05, 3.63) is 146 Å². The second-order valence-corrected chi connectivity index (χ2v) is 31.8. The molecule has 7 unspecified atom stereocenters. The number of Topliss-reactive ketones (excluding diaryl/α,β-unsaturated/α-hetero) is 5. The molecule has 7 atom stereocenters. The molecule has 21 nitrogen and oxygen atoms in total. The quantitative estimate of drug-likeness (QED) is 0.0671. The first-order valence-corrected chi connectivity index (χ1v) is 38.1. The van der Waals surface area contributed by atoms with Crippen LogP contribution in [-0.2, 0) is 9.47 Å². The lowest BCUT2D eigenvalue weighted by atomic mass is 9.72. The first kappa shape index (κ1) is 70.1. The highest BCUT2D eigenvalue weighted by Gasteiger charge is 2.42. The number of piperidine rings is 6. The fourth-order valence-corrected chi connectivity index (χ4v) is 19.0. The van der Waals surface area contributed by atoms with Crippen LogP contribution in [0.3, 0.4) is 0 Å². The standard InChI is InChI=1S/C17H20N2O2S.C16H18N2O2S.C15H16N2O2S.C15H17NO4S.C10H9NO3S/c1-11-13(12-4-7-19(11)8-5-12)10-15(20)17-3-2-16(22-17)14-6-9-21-18-14;19-14(9-12-10-18-6-3-11(12)4-7-18)16-2-1-15(21-16)13-5-8-20-17-13;18-13(8-9-7-10-1-2-11(9)16-10)15-4-3-14(20-15)12-5-6-19-17-12;1-10-8-11(16-20-10)13-5-6-14(21-13)12(17)9-19-15-4-2-3-7-18-15;1-6-4-7(11-14-6)9-2-3-10(15-9)8(13)5-12/h2-3,6,9,11-13H,4-5,7-8,10H2,1H3;1-2,5,8,11-12H,3-4,6-7,9-10H2;3-6,9-11,16H,1-2,7-8H2;5-6,8,15H,2-4,7,9H2,1H3;2-4,12H,5H2,1H3. The molecular weight excluding hydrogens is 1360 g/mol. The van der Waals surface area contributed by atoms with Gasteiger partial charge in [0, 0.05) is 80.9 Å². The Morgan fingerprint density at radius 3 is 1.40 bits per heavy atom. The Kier molecular flexibility index (Phi) is 23.4. The molecule has 0 radical (unpaired) electrons. The number of ether oxygens (including phenoxy) is 2. The van der Waals surface area contributed by atoms with Crippen molar-refractivity contribution in [2.24, 2.45) is 29.6 Å². The number of aryl methyl sites for hydroxylation is 2. The molecule has 0 aliphatic carbocycles. The minimum Gasteiger partial charge on any atom is -0.388 e. The van der Waals surface area contributed by atoms with E-state index >= 15 is 0 Å². The number of aliphatic hydroxyl groups excluding tert-OH is 1. The van der Waals surface area contributed by atoms with E-state index < -0.39 is 6.61 Å². The Morgan fingerprint density at radius 1 is 0.525 bits per heavy atom. The Hall–Kier alpha value is -7.34. The van der Waals surface area contributed by atoms with Crippen LogP contribution in [0.1, 0.15) is 150 Å². The molecule has 26 heteroatoms. The molecule has 9 aliphatic heterocycles. The number of fused-ring (bicyclic) bond motifs is 8. The molecular formula is C73H80N8O13S5. The van der Waals surface area contributed by atoms with Crippen LogP contribution in [-0.4, -0.2) is 147 Å². The van der Waals surface area contributed by atoms with E-state index in [2.05, 4.69) is 47.8 Å². The topological polar surface area (TPSA) is 273 Å². The summed E-state index contributed by atoms with van der Waals surface area (Å²) in [6.07, 6.45) is 18.3. The summed E-state index contributed by atoms with van der Waals surface area (Å²) in [4.78, 5) is 74.5. The summed E-state index contributed by atoms with van der Waals surface area (Å²) in [6.45, 7) is 12.2. The Labute approximate surface area is 593 Å². The van der Waals surface area contributed by atoms with Gasteiger partial charge >= 0.3 is 0 Å². The minimum absolute atomic E-state index is 0.0272. The van der Waals surface area contributed by atoms with E-state index in [1.54, 1.807) is 43.1 Å². The summed E-state index contributed by atoms with van der Waals surface area (Å²) in [5.41, 5.74) is 3.89. The lowest BCUT2D eigenvalue weighted by molar-refractivity contribution is -0.155. The maximum atomic E-state index is 12.7. The summed E-state index contributed by atoms with van der Waals surface area (Å²) >= 11 is 7.26. The highest BCUT2D eigenvalue weighted by atomic mass is 32.1. The average molecular weight is 1440 g/mol. The third-order valence-corrected chi connectivity index (χ3v) is 25.6. The van der Waals surface area contributed by atoms with E-state index in [1.807, 2.05) is 80.6 Å². The Balaban J connectivity index is 0.000000112. The van der Waals surface area contributed by atoms with Gasteiger partial charge in [-0.2, -0.15) is 0 Å². The molecule has 9 saturated heterocycles. The molecule has 10 aromatic heterocycles. The largest absolute Gasteiger partial charge is 0.388 e. The maximum Gasteiger partial charge on any atom is 0.198 e. The van der Waals surface area contributed by atoms with Crippen LogP contribution < -0.4 is 5.32 Å². The van der Waals surface area contributed by atoms with Crippen LogP contribution in [0.4, 0.5) is 0 Å². The number of carbonyl (C=O) groups excluding carboxylic acids is 5. The number of ketones is 5. The molecule has 0 amide bonds. The zero-order chi connectivity index (χ0) is 68.4. The normalized spacial score (nSPS) is 24.0. The number of hydrogen-bond donors (Lipinski definition) is 2. The monoisotopic (exact) mass is 1440 g/mol. The molecule has 0 spiro atoms. The SMILES string of the molecule is CC1C(CC(=O)c2ccc(-c3ccon3)s2)C2CCN1CC2.Cc1cc(-c2ccc(C(=O)CO)s2)no1.Cc1cc(-c2ccc(C(=O)COC3CCCCO3)s2)no1.O=C(CC1CC2CCC1N2)c1ccc(-c2ccon2)s1.O=C(CC1CN2CCC1CC2)c1ccc(-c2ccon2)s1. The van der Waals surface area contributed by atoms with Crippen molar-refractivity contribution in [2.45, 2.75) is 129 Å². The van der Waals surface area contributed by atoms with Gasteiger partial charge in [-0.25, -0.2) is 0 Å². The molecule has 9 aliphatic rings. The first-order chi connectivity index (χ1) is 48.2. The van der Waals surface area contributed by atoms with Gasteiger partial charge in [-0.3, -0.25) is 24.0 Å². The molecule has 19 heterocycles. The van der Waals surface area contributed by atoms with Gasteiger partial charge in [-0.1, -0.05) is 25.8 Å². The number of aromatic nitrogens is 5. The van der Waals surface area contributed by atoms with Crippen molar-refractivity contribution in [1.82, 2.24) is 40.9 Å². The molecule has 9 fully saturated rings. The van der Waals surface area contributed by atoms with E-state index in [1.165, 1.54) is 121 Å². The van der Waals surface area contributed by atoms with E-state index in [0.29, 0.717) is 71.5 Å². The fourth-order valence-electron chi connectivity index (χ4n) is 14.5. The van der Waals surface area contributed by atoms with Crippen molar-refractivity contribution in [1.29, 1.82) is 0 Å². The summed E-state index contributed by atoms with van der Waals surface area (Å²) in [5, 5.41) is 31.8. The van der Waals surface area contributed by atoms with Crippen molar-refractivity contribution in [3.63, 3.8) is 0 Å². The fraction of sp³-hybridized carbons (Fsp3) is 0.452. The highest BCUT2D eigenvalue weighted by molar-refractivity contribution is 7.18. The van der Waals surface area contributed by atoms with Crippen LogP contribution in [0, 0.1) is 43.4 Å². The number of aliphatic hydroxyl groups is 1. The number of nitrogens with zero attached hydrogens (tertiary/aromatic N) is 7.